The van der Waals surface area contributed by atoms with Gasteiger partial charge in [0.15, 0.2) is 5.54 Å². The van der Waals surface area contributed by atoms with Crippen molar-refractivity contribution in [1.29, 1.82) is 0 Å². The first-order valence-corrected chi connectivity index (χ1v) is 10.4. The minimum absolute atomic E-state index is 0.0669. The third kappa shape index (κ3) is 3.66. The first-order valence-electron chi connectivity index (χ1n) is 9.19. The number of aromatic nitrogens is 1. The number of nitrogens with one attached hydrogen (secondary N) is 3. The fraction of sp³-hybridized carbons (Fsp3) is 0.143. The molecule has 0 aliphatic carbocycles. The van der Waals surface area contributed by atoms with Gasteiger partial charge in [0.2, 0.25) is 0 Å². The van der Waals surface area contributed by atoms with Gasteiger partial charge in [0.05, 0.1) is 28.3 Å². The number of amides is 4. The Morgan fingerprint density at radius 1 is 1.23 bits per heavy atom. The fourth-order valence-electron chi connectivity index (χ4n) is 3.51. The smallest absolute Gasteiger partial charge is 0.322 e. The number of rotatable bonds is 5. The number of nitrogens with zero attached hydrogens (tertiary/aromatic N) is 1. The molecule has 4 amide bonds. The Kier molecular flexibility index (Phi) is 5.47. The molecule has 1 unspecified atom stereocenters. The van der Waals surface area contributed by atoms with E-state index in [-0.39, 0.29) is 17.1 Å². The maximum Gasteiger partial charge on any atom is 0.322 e. The van der Waals surface area contributed by atoms with Crippen molar-refractivity contribution in [2.75, 3.05) is 6.54 Å². The molecule has 1 aromatic heterocycles. The van der Waals surface area contributed by atoms with Crippen molar-refractivity contribution in [2.45, 2.75) is 12.5 Å². The zero-order valence-corrected chi connectivity index (χ0v) is 17.7. The second kappa shape index (κ2) is 8.09. The Balaban J connectivity index is 1.70. The van der Waals surface area contributed by atoms with Gasteiger partial charge in [0.1, 0.15) is 5.82 Å². The molecular weight excluding hydrogens is 443 g/mol. The van der Waals surface area contributed by atoms with Crippen LogP contribution in [-0.2, 0) is 10.3 Å². The van der Waals surface area contributed by atoms with Crippen LogP contribution in [0.1, 0.15) is 20.9 Å². The molecule has 3 N–H and O–H groups in total. The summed E-state index contributed by atoms with van der Waals surface area (Å²) in [5.41, 5.74) is 1.33. The summed E-state index contributed by atoms with van der Waals surface area (Å²) in [6.45, 7) is 1.46. The summed E-state index contributed by atoms with van der Waals surface area (Å²) < 4.78 is 14.2. The van der Waals surface area contributed by atoms with E-state index in [0.29, 0.717) is 21.7 Å². The Labute approximate surface area is 185 Å². The normalized spacial score (nSPS) is 17.9. The van der Waals surface area contributed by atoms with E-state index in [1.165, 1.54) is 23.5 Å². The van der Waals surface area contributed by atoms with Crippen LogP contribution in [0.5, 0.6) is 0 Å². The largest absolute Gasteiger partial charge is 0.349 e. The van der Waals surface area contributed by atoms with Gasteiger partial charge in [-0.25, -0.2) is 14.2 Å². The van der Waals surface area contributed by atoms with Crippen LogP contribution in [-0.4, -0.2) is 29.4 Å². The van der Waals surface area contributed by atoms with Crippen LogP contribution < -0.4 is 16.0 Å². The van der Waals surface area contributed by atoms with Gasteiger partial charge >= 0.3 is 6.03 Å². The highest BCUT2D eigenvalue weighted by Gasteiger charge is 2.50. The molecule has 31 heavy (non-hydrogen) atoms. The van der Waals surface area contributed by atoms with E-state index in [9.17, 15) is 18.8 Å². The minimum atomic E-state index is -1.58. The van der Waals surface area contributed by atoms with Crippen LogP contribution in [0.2, 0.25) is 5.02 Å². The van der Waals surface area contributed by atoms with Gasteiger partial charge in [-0.1, -0.05) is 48.0 Å². The molecule has 0 bridgehead atoms. The van der Waals surface area contributed by atoms with Gasteiger partial charge in [-0.15, -0.1) is 11.3 Å². The number of halogens is 2. The van der Waals surface area contributed by atoms with Crippen LogP contribution in [0.25, 0.3) is 11.1 Å². The van der Waals surface area contributed by atoms with E-state index >= 15 is 0 Å². The molecule has 0 spiro atoms. The third-order valence-electron chi connectivity index (χ3n) is 5.01. The molecule has 0 radical (unpaired) electrons. The summed E-state index contributed by atoms with van der Waals surface area (Å²) >= 11 is 7.46. The van der Waals surface area contributed by atoms with Crippen molar-refractivity contribution in [2.24, 2.45) is 0 Å². The van der Waals surface area contributed by atoms with Crippen LogP contribution in [0.15, 0.2) is 48.0 Å². The van der Waals surface area contributed by atoms with Gasteiger partial charge < -0.3 is 10.6 Å². The molecule has 1 saturated heterocycles. The molecule has 2 heterocycles. The van der Waals surface area contributed by atoms with Gasteiger partial charge in [-0.05, 0) is 24.1 Å². The van der Waals surface area contributed by atoms with E-state index in [1.54, 1.807) is 36.7 Å². The van der Waals surface area contributed by atoms with Gasteiger partial charge in [-0.2, -0.15) is 0 Å². The second-order valence-corrected chi connectivity index (χ2v) is 8.34. The summed E-state index contributed by atoms with van der Waals surface area (Å²) in [4.78, 5) is 42.6. The number of imide groups is 1. The number of carbonyl (C=O) groups is 3. The topological polar surface area (TPSA) is 100 Å². The second-order valence-electron chi connectivity index (χ2n) is 6.90. The average Bonchev–Trinajstić information content (AvgIpc) is 3.31. The predicted molar refractivity (Wildman–Crippen MR) is 114 cm³/mol. The number of urea groups is 1. The average molecular weight is 459 g/mol. The lowest BCUT2D eigenvalue weighted by Gasteiger charge is -2.25. The highest BCUT2D eigenvalue weighted by molar-refractivity contribution is 7.09. The highest BCUT2D eigenvalue weighted by Crippen LogP contribution is 2.32. The Bertz CT molecular complexity index is 1200. The van der Waals surface area contributed by atoms with Gasteiger partial charge in [0, 0.05) is 4.88 Å². The lowest BCUT2D eigenvalue weighted by molar-refractivity contribution is -0.124. The zero-order valence-electron chi connectivity index (χ0n) is 16.2. The van der Waals surface area contributed by atoms with Gasteiger partial charge in [-0.3, -0.25) is 14.9 Å². The molecule has 1 atom stereocenters. The maximum atomic E-state index is 14.2. The van der Waals surface area contributed by atoms with Crippen molar-refractivity contribution in [3.8, 4) is 11.1 Å². The van der Waals surface area contributed by atoms with Crippen LogP contribution in [0.4, 0.5) is 9.18 Å². The molecule has 1 aliphatic rings. The quantitative estimate of drug-likeness (QED) is 0.510. The highest BCUT2D eigenvalue weighted by atomic mass is 35.5. The molecule has 158 valence electrons. The third-order valence-corrected chi connectivity index (χ3v) is 6.14. The number of hydrogen-bond acceptors (Lipinski definition) is 5. The van der Waals surface area contributed by atoms with E-state index < -0.39 is 29.2 Å². The first-order chi connectivity index (χ1) is 14.8. The SMILES string of the molecule is Cc1scnc1C1(CNC(=O)c2c(-c3ccccc3)ccc(F)c2Cl)NC(=O)NC1=O. The monoisotopic (exact) mass is 458 g/mol. The maximum absolute atomic E-state index is 14.2. The lowest BCUT2D eigenvalue weighted by atomic mass is 9.93. The van der Waals surface area contributed by atoms with Crippen LogP contribution in [0, 0.1) is 12.7 Å². The van der Waals surface area contributed by atoms with E-state index in [0.717, 1.165) is 0 Å². The molecule has 0 saturated carbocycles. The molecule has 1 aliphatic heterocycles. The zero-order chi connectivity index (χ0) is 22.2. The van der Waals surface area contributed by atoms with Crippen LogP contribution >= 0.6 is 22.9 Å². The molecule has 7 nitrogen and oxygen atoms in total. The Morgan fingerprint density at radius 2 is 1.97 bits per heavy atom. The molecule has 2 aromatic carbocycles. The Morgan fingerprint density at radius 3 is 2.58 bits per heavy atom. The molecule has 3 aromatic rings. The van der Waals surface area contributed by atoms with Gasteiger partial charge in [0.25, 0.3) is 11.8 Å². The number of hydrogen-bond donors (Lipinski definition) is 3. The first kappa shape index (κ1) is 21.0. The number of benzene rings is 2. The van der Waals surface area contributed by atoms with Crippen molar-refractivity contribution in [3.63, 3.8) is 0 Å². The fourth-order valence-corrected chi connectivity index (χ4v) is 4.42. The van der Waals surface area contributed by atoms with Crippen molar-refractivity contribution < 1.29 is 18.8 Å². The summed E-state index contributed by atoms with van der Waals surface area (Å²) in [5, 5.41) is 7.03. The molecule has 10 heteroatoms. The molecule has 4 rings (SSSR count). The van der Waals surface area contributed by atoms with Crippen molar-refractivity contribution in [1.82, 2.24) is 20.9 Å². The Hall–Kier alpha value is -3.30. The predicted octanol–water partition coefficient (Wildman–Crippen LogP) is 3.38. The number of thiazole rings is 1. The molecular formula is C21H16ClFN4O3S. The number of carbonyl (C=O) groups excluding carboxylic acids is 3. The summed E-state index contributed by atoms with van der Waals surface area (Å²) in [7, 11) is 0. The lowest BCUT2D eigenvalue weighted by Crippen LogP contribution is -2.53. The minimum Gasteiger partial charge on any atom is -0.349 e. The summed E-state index contributed by atoms with van der Waals surface area (Å²) in [6, 6.07) is 10.9. The van der Waals surface area contributed by atoms with E-state index in [1.807, 2.05) is 6.07 Å². The standard InChI is InChI=1S/C21H16ClFN4O3S/c1-11-17(25-10-31-11)21(19(29)26-20(30)27-21)9-24-18(28)15-13(7-8-14(23)16(15)22)12-5-3-2-4-6-12/h2-8,10H,9H2,1H3,(H,24,28)(H2,26,27,29,30). The van der Waals surface area contributed by atoms with E-state index in [2.05, 4.69) is 20.9 Å². The molecule has 1 fully saturated rings. The van der Waals surface area contributed by atoms with Crippen molar-refractivity contribution >= 4 is 40.8 Å². The van der Waals surface area contributed by atoms with Crippen molar-refractivity contribution in [3.05, 3.63) is 74.9 Å². The van der Waals surface area contributed by atoms with E-state index in [4.69, 9.17) is 11.6 Å². The summed E-state index contributed by atoms with van der Waals surface area (Å²) in [5.74, 6) is -2.08. The van der Waals surface area contributed by atoms with Crippen LogP contribution in [0.3, 0.4) is 0 Å². The number of aryl methyl sites for hydroxylation is 1. The summed E-state index contributed by atoms with van der Waals surface area (Å²) in [6.07, 6.45) is 0.